The molecule has 3 rings (SSSR count). The van der Waals surface area contributed by atoms with Crippen LogP contribution in [0.4, 0.5) is 0 Å². The number of hydrogen-bond acceptors (Lipinski definition) is 5. The highest BCUT2D eigenvalue weighted by molar-refractivity contribution is 5.81. The maximum atomic E-state index is 12.4. The van der Waals surface area contributed by atoms with E-state index in [-0.39, 0.29) is 11.9 Å². The van der Waals surface area contributed by atoms with Crippen LogP contribution < -0.4 is 10.1 Å². The molecule has 1 atom stereocenters. The number of hydrogen-bond donors (Lipinski definition) is 1. The standard InChI is InChI=1S/C19H24N4O2/c1-14-4-3-5-17(10-14)25-9-7-21-19(24)15(2)23-8-6-16-11-20-13-22-18(16)12-23/h3-5,10-11,13,15H,6-9,12H2,1-2H3,(H,21,24)/t15-/m1/s1. The Hall–Kier alpha value is -2.47. The highest BCUT2D eigenvalue weighted by Gasteiger charge is 2.25. The van der Waals surface area contributed by atoms with Crippen LogP contribution in [0.1, 0.15) is 23.7 Å². The number of ether oxygens (including phenoxy) is 1. The van der Waals surface area contributed by atoms with E-state index in [0.29, 0.717) is 19.7 Å². The molecular formula is C19H24N4O2. The summed E-state index contributed by atoms with van der Waals surface area (Å²) < 4.78 is 5.66. The van der Waals surface area contributed by atoms with Gasteiger partial charge in [-0.25, -0.2) is 9.97 Å². The molecule has 0 unspecified atom stereocenters. The van der Waals surface area contributed by atoms with Crippen molar-refractivity contribution in [1.29, 1.82) is 0 Å². The first-order chi connectivity index (χ1) is 12.1. The van der Waals surface area contributed by atoms with Crippen LogP contribution >= 0.6 is 0 Å². The van der Waals surface area contributed by atoms with Gasteiger partial charge in [-0.2, -0.15) is 0 Å². The van der Waals surface area contributed by atoms with E-state index in [1.165, 1.54) is 5.56 Å². The van der Waals surface area contributed by atoms with Crippen molar-refractivity contribution in [3.63, 3.8) is 0 Å². The fourth-order valence-corrected chi connectivity index (χ4v) is 2.96. The smallest absolute Gasteiger partial charge is 0.237 e. The Bertz CT molecular complexity index is 735. The van der Waals surface area contributed by atoms with E-state index in [4.69, 9.17) is 4.74 Å². The fraction of sp³-hybridized carbons (Fsp3) is 0.421. The first kappa shape index (κ1) is 17.4. The molecule has 0 fully saturated rings. The maximum Gasteiger partial charge on any atom is 0.237 e. The predicted octanol–water partition coefficient (Wildman–Crippen LogP) is 1.73. The van der Waals surface area contributed by atoms with E-state index in [1.807, 2.05) is 44.3 Å². The van der Waals surface area contributed by atoms with Gasteiger partial charge in [-0.15, -0.1) is 0 Å². The summed E-state index contributed by atoms with van der Waals surface area (Å²) in [6.45, 7) is 6.43. The SMILES string of the molecule is Cc1cccc(OCCNC(=O)[C@@H](C)N2CCc3cncnc3C2)c1. The van der Waals surface area contributed by atoms with Crippen LogP contribution in [-0.4, -0.2) is 46.5 Å². The molecule has 1 aliphatic heterocycles. The number of fused-ring (bicyclic) bond motifs is 1. The van der Waals surface area contributed by atoms with Gasteiger partial charge in [0.05, 0.1) is 18.3 Å². The molecule has 1 aromatic heterocycles. The Balaban J connectivity index is 1.44. The molecule has 0 saturated heterocycles. The summed E-state index contributed by atoms with van der Waals surface area (Å²) >= 11 is 0. The molecular weight excluding hydrogens is 316 g/mol. The molecule has 2 heterocycles. The molecule has 1 aromatic carbocycles. The van der Waals surface area contributed by atoms with Gasteiger partial charge < -0.3 is 10.1 Å². The predicted molar refractivity (Wildman–Crippen MR) is 95.3 cm³/mol. The van der Waals surface area contributed by atoms with Gasteiger partial charge in [0, 0.05) is 19.3 Å². The lowest BCUT2D eigenvalue weighted by Gasteiger charge is -2.31. The fourth-order valence-electron chi connectivity index (χ4n) is 2.96. The van der Waals surface area contributed by atoms with Crippen molar-refractivity contribution < 1.29 is 9.53 Å². The Morgan fingerprint density at radius 3 is 3.16 bits per heavy atom. The molecule has 1 aliphatic rings. The number of nitrogens with zero attached hydrogens (tertiary/aromatic N) is 3. The molecule has 0 spiro atoms. The number of aryl methyl sites for hydroxylation is 1. The van der Waals surface area contributed by atoms with E-state index in [2.05, 4.69) is 20.2 Å². The zero-order chi connectivity index (χ0) is 17.6. The van der Waals surface area contributed by atoms with E-state index < -0.39 is 0 Å². The zero-order valence-corrected chi connectivity index (χ0v) is 14.7. The number of benzene rings is 1. The molecule has 1 amide bonds. The van der Waals surface area contributed by atoms with Crippen molar-refractivity contribution in [1.82, 2.24) is 20.2 Å². The molecule has 0 aliphatic carbocycles. The van der Waals surface area contributed by atoms with E-state index >= 15 is 0 Å². The lowest BCUT2D eigenvalue weighted by atomic mass is 10.1. The number of carbonyl (C=O) groups excluding carboxylic acids is 1. The summed E-state index contributed by atoms with van der Waals surface area (Å²) in [7, 11) is 0. The number of nitrogens with one attached hydrogen (secondary N) is 1. The summed E-state index contributed by atoms with van der Waals surface area (Å²) in [5, 5.41) is 2.95. The third-order valence-electron chi connectivity index (χ3n) is 4.49. The van der Waals surface area contributed by atoms with Gasteiger partial charge in [-0.3, -0.25) is 9.69 Å². The van der Waals surface area contributed by atoms with Crippen molar-refractivity contribution in [2.75, 3.05) is 19.7 Å². The normalized spacial score (nSPS) is 15.3. The van der Waals surface area contributed by atoms with Crippen LogP contribution in [0.5, 0.6) is 5.75 Å². The Morgan fingerprint density at radius 1 is 1.44 bits per heavy atom. The maximum absolute atomic E-state index is 12.4. The van der Waals surface area contributed by atoms with Crippen molar-refractivity contribution in [2.24, 2.45) is 0 Å². The van der Waals surface area contributed by atoms with Crippen LogP contribution in [0.2, 0.25) is 0 Å². The van der Waals surface area contributed by atoms with E-state index in [0.717, 1.165) is 30.0 Å². The van der Waals surface area contributed by atoms with Crippen LogP contribution in [0.25, 0.3) is 0 Å². The average Bonchev–Trinajstić information content (AvgIpc) is 2.64. The number of carbonyl (C=O) groups is 1. The van der Waals surface area contributed by atoms with Gasteiger partial charge in [0.2, 0.25) is 5.91 Å². The number of aromatic nitrogens is 2. The molecule has 0 bridgehead atoms. The molecule has 1 N–H and O–H groups in total. The van der Waals surface area contributed by atoms with Gasteiger partial charge in [-0.05, 0) is 43.5 Å². The zero-order valence-electron chi connectivity index (χ0n) is 14.7. The van der Waals surface area contributed by atoms with Gasteiger partial charge in [0.25, 0.3) is 0 Å². The van der Waals surface area contributed by atoms with Crippen LogP contribution in [0.3, 0.4) is 0 Å². The Kier molecular flexibility index (Phi) is 5.60. The minimum atomic E-state index is -0.193. The summed E-state index contributed by atoms with van der Waals surface area (Å²) in [6, 6.07) is 7.70. The second kappa shape index (κ2) is 8.07. The minimum absolute atomic E-state index is 0.0188. The van der Waals surface area contributed by atoms with Crippen molar-refractivity contribution in [2.45, 2.75) is 32.9 Å². The highest BCUT2D eigenvalue weighted by atomic mass is 16.5. The number of rotatable bonds is 6. The van der Waals surface area contributed by atoms with Gasteiger partial charge in [-0.1, -0.05) is 12.1 Å². The Morgan fingerprint density at radius 2 is 2.32 bits per heavy atom. The van der Waals surface area contributed by atoms with Gasteiger partial charge in [0.1, 0.15) is 18.7 Å². The van der Waals surface area contributed by atoms with E-state index in [1.54, 1.807) is 6.33 Å². The number of amides is 1. The molecule has 6 heteroatoms. The third kappa shape index (κ3) is 4.54. The topological polar surface area (TPSA) is 67.3 Å². The van der Waals surface area contributed by atoms with Crippen LogP contribution in [0, 0.1) is 6.92 Å². The molecule has 25 heavy (non-hydrogen) atoms. The largest absolute Gasteiger partial charge is 0.492 e. The van der Waals surface area contributed by atoms with E-state index in [9.17, 15) is 4.79 Å². The summed E-state index contributed by atoms with van der Waals surface area (Å²) in [5.41, 5.74) is 3.35. The quantitative estimate of drug-likeness (QED) is 0.811. The lowest BCUT2D eigenvalue weighted by Crippen LogP contribution is -2.47. The second-order valence-electron chi connectivity index (χ2n) is 6.35. The van der Waals surface area contributed by atoms with Crippen molar-refractivity contribution >= 4 is 5.91 Å². The first-order valence-corrected chi connectivity index (χ1v) is 8.62. The van der Waals surface area contributed by atoms with Crippen molar-refractivity contribution in [3.8, 4) is 5.75 Å². The molecule has 132 valence electrons. The lowest BCUT2D eigenvalue weighted by molar-refractivity contribution is -0.126. The molecule has 2 aromatic rings. The third-order valence-corrected chi connectivity index (χ3v) is 4.49. The highest BCUT2D eigenvalue weighted by Crippen LogP contribution is 2.17. The second-order valence-corrected chi connectivity index (χ2v) is 6.35. The van der Waals surface area contributed by atoms with Crippen molar-refractivity contribution in [3.05, 3.63) is 53.6 Å². The van der Waals surface area contributed by atoms with Crippen LogP contribution in [-0.2, 0) is 17.8 Å². The minimum Gasteiger partial charge on any atom is -0.492 e. The van der Waals surface area contributed by atoms with Crippen LogP contribution in [0.15, 0.2) is 36.8 Å². The molecule has 0 radical (unpaired) electrons. The summed E-state index contributed by atoms with van der Waals surface area (Å²) in [4.78, 5) is 22.9. The van der Waals surface area contributed by atoms with Gasteiger partial charge >= 0.3 is 0 Å². The summed E-state index contributed by atoms with van der Waals surface area (Å²) in [6.07, 6.45) is 4.31. The molecule has 6 nitrogen and oxygen atoms in total. The monoisotopic (exact) mass is 340 g/mol. The first-order valence-electron chi connectivity index (χ1n) is 8.62. The Labute approximate surface area is 148 Å². The average molecular weight is 340 g/mol. The van der Waals surface area contributed by atoms with Gasteiger partial charge in [0.15, 0.2) is 0 Å². The summed E-state index contributed by atoms with van der Waals surface area (Å²) in [5.74, 6) is 0.847. The molecule has 0 saturated carbocycles.